The molecule has 0 saturated carbocycles. The number of benzene rings is 2. The molecule has 0 aliphatic heterocycles. The predicted molar refractivity (Wildman–Crippen MR) is 102 cm³/mol. The van der Waals surface area contributed by atoms with Gasteiger partial charge in [0.05, 0.1) is 6.61 Å². The average molecular weight is 354 g/mol. The summed E-state index contributed by atoms with van der Waals surface area (Å²) in [4.78, 5) is 22.5. The van der Waals surface area contributed by atoms with Crippen LogP contribution in [0.4, 0.5) is 11.4 Å². The fraction of sp³-hybridized carbons (Fsp3) is 0.211. The number of hydrogen-bond acceptors (Lipinski definition) is 4. The Morgan fingerprint density at radius 3 is 2.69 bits per heavy atom. The predicted octanol–water partition coefficient (Wildman–Crippen LogP) is 2.72. The normalized spacial score (nSPS) is 10.0. The van der Waals surface area contributed by atoms with Crippen LogP contribution in [0, 0.1) is 5.41 Å². The van der Waals surface area contributed by atoms with E-state index in [1.807, 2.05) is 42.5 Å². The first-order valence-electron chi connectivity index (χ1n) is 8.23. The number of aryl methyl sites for hydroxylation is 1. The van der Waals surface area contributed by atoms with Crippen molar-refractivity contribution in [3.63, 3.8) is 0 Å². The van der Waals surface area contributed by atoms with Crippen LogP contribution < -0.4 is 16.4 Å². The van der Waals surface area contributed by atoms with Gasteiger partial charge in [0.15, 0.2) is 5.96 Å². The summed E-state index contributed by atoms with van der Waals surface area (Å²) in [6.07, 6.45) is 1.33. The highest BCUT2D eigenvalue weighted by Crippen LogP contribution is 2.28. The summed E-state index contributed by atoms with van der Waals surface area (Å²) in [7, 11) is 0. The minimum Gasteiger partial charge on any atom is -0.466 e. The standard InChI is InChI=1S/C19H22N4O3/c1-2-26-18(25)9-8-13-6-7-15(11-17(13)22-12-24)14-4-3-5-16(10-14)23-19(20)21/h3-7,10-12H,2,8-9H2,1H3,(H,22,24)(H4,20,21,23). The smallest absolute Gasteiger partial charge is 0.306 e. The molecule has 136 valence electrons. The summed E-state index contributed by atoms with van der Waals surface area (Å²) in [5, 5.41) is 12.7. The zero-order valence-electron chi connectivity index (χ0n) is 14.5. The number of anilines is 2. The lowest BCUT2D eigenvalue weighted by Crippen LogP contribution is -2.20. The molecule has 0 radical (unpaired) electrons. The second-order valence-electron chi connectivity index (χ2n) is 5.56. The number of ether oxygens (including phenoxy) is 1. The Hall–Kier alpha value is -3.35. The van der Waals surface area contributed by atoms with E-state index in [-0.39, 0.29) is 18.3 Å². The lowest BCUT2D eigenvalue weighted by atomic mass is 9.99. The number of guanidine groups is 1. The molecular formula is C19H22N4O3. The number of carbonyl (C=O) groups excluding carboxylic acids is 2. The van der Waals surface area contributed by atoms with Gasteiger partial charge in [-0.1, -0.05) is 24.3 Å². The molecule has 0 saturated heterocycles. The van der Waals surface area contributed by atoms with Crippen molar-refractivity contribution in [2.24, 2.45) is 5.73 Å². The van der Waals surface area contributed by atoms with E-state index in [0.29, 0.717) is 30.8 Å². The zero-order chi connectivity index (χ0) is 18.9. The molecule has 0 heterocycles. The molecule has 1 amide bonds. The van der Waals surface area contributed by atoms with Gasteiger partial charge in [-0.2, -0.15) is 0 Å². The molecule has 26 heavy (non-hydrogen) atoms. The number of esters is 1. The number of nitrogens with one attached hydrogen (secondary N) is 3. The Bertz CT molecular complexity index is 805. The van der Waals surface area contributed by atoms with E-state index in [1.54, 1.807) is 6.92 Å². The van der Waals surface area contributed by atoms with Crippen LogP contribution in [-0.4, -0.2) is 24.9 Å². The van der Waals surface area contributed by atoms with Crippen LogP contribution in [0.5, 0.6) is 0 Å². The lowest BCUT2D eigenvalue weighted by molar-refractivity contribution is -0.143. The van der Waals surface area contributed by atoms with Gasteiger partial charge in [-0.05, 0) is 48.2 Å². The third-order valence-corrected chi connectivity index (χ3v) is 3.70. The van der Waals surface area contributed by atoms with Crippen LogP contribution in [0.1, 0.15) is 18.9 Å². The molecule has 7 nitrogen and oxygen atoms in total. The van der Waals surface area contributed by atoms with Gasteiger partial charge in [-0.3, -0.25) is 15.0 Å². The minimum atomic E-state index is -0.267. The average Bonchev–Trinajstić information content (AvgIpc) is 2.61. The van der Waals surface area contributed by atoms with Crippen molar-refractivity contribution in [1.82, 2.24) is 0 Å². The lowest BCUT2D eigenvalue weighted by Gasteiger charge is -2.12. The van der Waals surface area contributed by atoms with E-state index in [1.165, 1.54) is 0 Å². The number of carbonyl (C=O) groups is 2. The van der Waals surface area contributed by atoms with E-state index in [9.17, 15) is 9.59 Å². The third-order valence-electron chi connectivity index (χ3n) is 3.70. The highest BCUT2D eigenvalue weighted by molar-refractivity contribution is 5.90. The number of hydrogen-bond donors (Lipinski definition) is 4. The minimum absolute atomic E-state index is 0.139. The van der Waals surface area contributed by atoms with Gasteiger partial charge >= 0.3 is 5.97 Å². The van der Waals surface area contributed by atoms with Gasteiger partial charge in [0.25, 0.3) is 0 Å². The molecule has 0 bridgehead atoms. The second kappa shape index (κ2) is 9.22. The first-order valence-corrected chi connectivity index (χ1v) is 8.23. The Labute approximate surface area is 152 Å². The summed E-state index contributed by atoms with van der Waals surface area (Å²) in [6, 6.07) is 13.1. The molecule has 2 aromatic rings. The molecular weight excluding hydrogens is 332 g/mol. The van der Waals surface area contributed by atoms with Crippen LogP contribution in [-0.2, 0) is 20.7 Å². The van der Waals surface area contributed by atoms with Crippen molar-refractivity contribution >= 4 is 29.7 Å². The van der Waals surface area contributed by atoms with Gasteiger partial charge in [-0.15, -0.1) is 0 Å². The maximum absolute atomic E-state index is 11.6. The summed E-state index contributed by atoms with van der Waals surface area (Å²) in [6.45, 7) is 2.11. The third kappa shape index (κ3) is 5.34. The largest absolute Gasteiger partial charge is 0.466 e. The van der Waals surface area contributed by atoms with Crippen LogP contribution in [0.2, 0.25) is 0 Å². The molecule has 7 heteroatoms. The van der Waals surface area contributed by atoms with Gasteiger partial charge < -0.3 is 21.1 Å². The summed E-state index contributed by atoms with van der Waals surface area (Å²) >= 11 is 0. The van der Waals surface area contributed by atoms with E-state index >= 15 is 0 Å². The molecule has 0 aromatic heterocycles. The maximum Gasteiger partial charge on any atom is 0.306 e. The Morgan fingerprint density at radius 2 is 2.00 bits per heavy atom. The monoisotopic (exact) mass is 354 g/mol. The van der Waals surface area contributed by atoms with Gasteiger partial charge in [-0.25, -0.2) is 0 Å². The van der Waals surface area contributed by atoms with Crippen molar-refractivity contribution in [2.75, 3.05) is 17.2 Å². The Morgan fingerprint density at radius 1 is 1.23 bits per heavy atom. The van der Waals surface area contributed by atoms with E-state index in [4.69, 9.17) is 15.9 Å². The number of rotatable bonds is 8. The summed E-state index contributed by atoms with van der Waals surface area (Å²) in [5.74, 6) is -0.406. The molecule has 2 rings (SSSR count). The molecule has 0 spiro atoms. The Kier molecular flexibility index (Phi) is 6.73. The zero-order valence-corrected chi connectivity index (χ0v) is 14.5. The van der Waals surface area contributed by atoms with Crippen molar-refractivity contribution in [2.45, 2.75) is 19.8 Å². The van der Waals surface area contributed by atoms with Crippen molar-refractivity contribution in [3.05, 3.63) is 48.0 Å². The second-order valence-corrected chi connectivity index (χ2v) is 5.56. The van der Waals surface area contributed by atoms with E-state index in [2.05, 4.69) is 10.6 Å². The van der Waals surface area contributed by atoms with Crippen LogP contribution in [0.25, 0.3) is 11.1 Å². The molecule has 0 fully saturated rings. The molecule has 5 N–H and O–H groups in total. The molecule has 2 aromatic carbocycles. The van der Waals surface area contributed by atoms with Gasteiger partial charge in [0.1, 0.15) is 0 Å². The van der Waals surface area contributed by atoms with Crippen LogP contribution >= 0.6 is 0 Å². The van der Waals surface area contributed by atoms with Gasteiger partial charge in [0.2, 0.25) is 6.41 Å². The van der Waals surface area contributed by atoms with E-state index in [0.717, 1.165) is 16.7 Å². The van der Waals surface area contributed by atoms with Crippen LogP contribution in [0.3, 0.4) is 0 Å². The molecule has 0 aliphatic rings. The quantitative estimate of drug-likeness (QED) is 0.252. The molecule has 0 unspecified atom stereocenters. The van der Waals surface area contributed by atoms with Crippen molar-refractivity contribution in [1.29, 1.82) is 5.41 Å². The highest BCUT2D eigenvalue weighted by atomic mass is 16.5. The first kappa shape index (κ1) is 19.0. The highest BCUT2D eigenvalue weighted by Gasteiger charge is 2.09. The number of nitrogens with two attached hydrogens (primary N) is 1. The SMILES string of the molecule is CCOC(=O)CCc1ccc(-c2cccc(NC(=N)N)c2)cc1NC=O. The summed E-state index contributed by atoms with van der Waals surface area (Å²) in [5.41, 5.74) is 9.36. The van der Waals surface area contributed by atoms with Crippen molar-refractivity contribution < 1.29 is 14.3 Å². The summed E-state index contributed by atoms with van der Waals surface area (Å²) < 4.78 is 4.94. The van der Waals surface area contributed by atoms with Crippen molar-refractivity contribution in [3.8, 4) is 11.1 Å². The fourth-order valence-corrected chi connectivity index (χ4v) is 2.57. The van der Waals surface area contributed by atoms with Crippen LogP contribution in [0.15, 0.2) is 42.5 Å². The van der Waals surface area contributed by atoms with E-state index < -0.39 is 0 Å². The molecule has 0 atom stereocenters. The Balaban J connectivity index is 2.25. The van der Waals surface area contributed by atoms with Gasteiger partial charge in [0, 0.05) is 17.8 Å². The maximum atomic E-state index is 11.6. The molecule has 0 aliphatic carbocycles. The fourth-order valence-electron chi connectivity index (χ4n) is 2.57. The first-order chi connectivity index (χ1) is 12.5. The number of amides is 1. The topological polar surface area (TPSA) is 117 Å².